The minimum atomic E-state index is -0.169. The normalized spacial score (nSPS) is 17.5. The van der Waals surface area contributed by atoms with E-state index < -0.39 is 0 Å². The molecule has 1 unspecified atom stereocenters. The highest BCUT2D eigenvalue weighted by atomic mass is 32.2. The molecule has 2 aromatic rings. The summed E-state index contributed by atoms with van der Waals surface area (Å²) >= 11 is 1.71. The molecule has 0 saturated carbocycles. The summed E-state index contributed by atoms with van der Waals surface area (Å²) in [5.74, 6) is 1.40. The average Bonchev–Trinajstić information content (AvgIpc) is 2.90. The molecule has 3 rings (SSSR count). The van der Waals surface area contributed by atoms with Gasteiger partial charge in [0.05, 0.1) is 6.61 Å². The van der Waals surface area contributed by atoms with Gasteiger partial charge in [-0.1, -0.05) is 18.2 Å². The third kappa shape index (κ3) is 4.69. The zero-order valence-corrected chi connectivity index (χ0v) is 15.6. The van der Waals surface area contributed by atoms with Crippen LogP contribution in [0.5, 0.6) is 5.75 Å². The van der Waals surface area contributed by atoms with Crippen molar-refractivity contribution in [3.63, 3.8) is 0 Å². The second-order valence-electron chi connectivity index (χ2n) is 6.04. The largest absolute Gasteiger partial charge is 0.494 e. The Bertz CT molecular complexity index is 739. The van der Waals surface area contributed by atoms with Crippen molar-refractivity contribution in [1.82, 2.24) is 4.90 Å². The third-order valence-electron chi connectivity index (χ3n) is 4.30. The number of hydrogen-bond acceptors (Lipinski definition) is 3. The van der Waals surface area contributed by atoms with Gasteiger partial charge in [0, 0.05) is 35.3 Å². The fraction of sp³-hybridized carbons (Fsp3) is 0.350. The number of carbonyl (C=O) groups is 1. The minimum Gasteiger partial charge on any atom is -0.494 e. The Balaban J connectivity index is 1.58. The number of urea groups is 1. The maximum absolute atomic E-state index is 14.0. The van der Waals surface area contributed by atoms with Crippen molar-refractivity contribution in [2.75, 3.05) is 30.8 Å². The molecule has 4 nitrogen and oxygen atoms in total. The Kier molecular flexibility index (Phi) is 6.39. The Morgan fingerprint density at radius 3 is 2.73 bits per heavy atom. The van der Waals surface area contributed by atoms with E-state index >= 15 is 0 Å². The van der Waals surface area contributed by atoms with E-state index in [1.807, 2.05) is 43.3 Å². The predicted molar refractivity (Wildman–Crippen MR) is 104 cm³/mol. The molecule has 0 aromatic heterocycles. The number of ether oxygens (including phenoxy) is 1. The van der Waals surface area contributed by atoms with E-state index in [9.17, 15) is 9.18 Å². The molecule has 1 N–H and O–H groups in total. The van der Waals surface area contributed by atoms with Crippen LogP contribution >= 0.6 is 11.8 Å². The Morgan fingerprint density at radius 2 is 2.00 bits per heavy atom. The molecule has 1 atom stereocenters. The number of thioether (sulfide) groups is 1. The minimum absolute atomic E-state index is 0.0828. The van der Waals surface area contributed by atoms with Gasteiger partial charge in [0.15, 0.2) is 0 Å². The van der Waals surface area contributed by atoms with Gasteiger partial charge in [0.1, 0.15) is 11.6 Å². The van der Waals surface area contributed by atoms with Gasteiger partial charge in [-0.3, -0.25) is 0 Å². The average molecular weight is 374 g/mol. The van der Waals surface area contributed by atoms with Crippen LogP contribution in [-0.2, 0) is 0 Å². The van der Waals surface area contributed by atoms with Crippen molar-refractivity contribution in [1.29, 1.82) is 0 Å². The Hall–Kier alpha value is -2.21. The highest BCUT2D eigenvalue weighted by Crippen LogP contribution is 2.35. The first kappa shape index (κ1) is 18.6. The molecule has 0 radical (unpaired) electrons. The number of benzene rings is 2. The molecule has 6 heteroatoms. The lowest BCUT2D eigenvalue weighted by Gasteiger charge is -2.21. The van der Waals surface area contributed by atoms with Crippen molar-refractivity contribution in [3.05, 3.63) is 59.9 Å². The van der Waals surface area contributed by atoms with Gasteiger partial charge in [-0.25, -0.2) is 9.18 Å². The molecule has 138 valence electrons. The molecule has 1 aliphatic rings. The summed E-state index contributed by atoms with van der Waals surface area (Å²) < 4.78 is 19.4. The molecule has 0 aliphatic carbocycles. The second kappa shape index (κ2) is 8.94. The summed E-state index contributed by atoms with van der Waals surface area (Å²) in [6.45, 7) is 3.80. The van der Waals surface area contributed by atoms with E-state index in [4.69, 9.17) is 4.74 Å². The Labute approximate surface area is 157 Å². The first-order chi connectivity index (χ1) is 12.7. The second-order valence-corrected chi connectivity index (χ2v) is 7.35. The zero-order valence-electron chi connectivity index (χ0n) is 14.8. The first-order valence-electron chi connectivity index (χ1n) is 8.82. The number of halogens is 1. The van der Waals surface area contributed by atoms with E-state index in [1.54, 1.807) is 22.7 Å². The van der Waals surface area contributed by atoms with Crippen molar-refractivity contribution in [3.8, 4) is 5.75 Å². The predicted octanol–water partition coefficient (Wildman–Crippen LogP) is 4.94. The third-order valence-corrected chi connectivity index (χ3v) is 5.61. The van der Waals surface area contributed by atoms with E-state index in [1.165, 1.54) is 6.07 Å². The fourth-order valence-corrected chi connectivity index (χ4v) is 4.21. The van der Waals surface area contributed by atoms with Gasteiger partial charge in [-0.15, -0.1) is 0 Å². The zero-order chi connectivity index (χ0) is 18.4. The molecule has 0 bridgehead atoms. The lowest BCUT2D eigenvalue weighted by atomic mass is 10.1. The van der Waals surface area contributed by atoms with E-state index in [2.05, 4.69) is 5.32 Å². The summed E-state index contributed by atoms with van der Waals surface area (Å²) in [5.41, 5.74) is 1.47. The van der Waals surface area contributed by atoms with Gasteiger partial charge in [-0.2, -0.15) is 11.8 Å². The summed E-state index contributed by atoms with van der Waals surface area (Å²) in [7, 11) is 0. The maximum atomic E-state index is 14.0. The first-order valence-corrected chi connectivity index (χ1v) is 9.87. The van der Waals surface area contributed by atoms with Crippen LogP contribution in [0.1, 0.15) is 24.2 Å². The number of hydrogen-bond donors (Lipinski definition) is 1. The van der Waals surface area contributed by atoms with E-state index in [-0.39, 0.29) is 17.1 Å². The standard InChI is InChI=1S/C20H23FN2O2S/c1-2-25-16-9-7-15(8-10-16)22-20(24)23-12-11-19(26-14-13-23)17-5-3-4-6-18(17)21/h3-10,19H,2,11-14H2,1H3,(H,22,24). The van der Waals surface area contributed by atoms with Crippen LogP contribution in [0.3, 0.4) is 0 Å². The molecule has 1 heterocycles. The molecule has 2 aromatic carbocycles. The van der Waals surface area contributed by atoms with Crippen molar-refractivity contribution in [2.24, 2.45) is 0 Å². The van der Waals surface area contributed by atoms with Gasteiger partial charge >= 0.3 is 6.03 Å². The van der Waals surface area contributed by atoms with Crippen LogP contribution in [0.25, 0.3) is 0 Å². The molecule has 1 saturated heterocycles. The number of nitrogens with one attached hydrogen (secondary N) is 1. The van der Waals surface area contributed by atoms with Crippen molar-refractivity contribution < 1.29 is 13.9 Å². The lowest BCUT2D eigenvalue weighted by molar-refractivity contribution is 0.215. The summed E-state index contributed by atoms with van der Waals surface area (Å²) in [6, 6.07) is 14.1. The van der Waals surface area contributed by atoms with Gasteiger partial charge in [0.2, 0.25) is 0 Å². The summed E-state index contributed by atoms with van der Waals surface area (Å²) in [4.78, 5) is 14.3. The van der Waals surface area contributed by atoms with Crippen molar-refractivity contribution >= 4 is 23.5 Å². The SMILES string of the molecule is CCOc1ccc(NC(=O)N2CCSC(c3ccccc3F)CC2)cc1. The van der Waals surface area contributed by atoms with Gasteiger partial charge < -0.3 is 15.0 Å². The number of carbonyl (C=O) groups excluding carboxylic acids is 1. The summed E-state index contributed by atoms with van der Waals surface area (Å²) in [5, 5.41) is 3.01. The van der Waals surface area contributed by atoms with E-state index in [0.29, 0.717) is 19.7 Å². The molecule has 0 spiro atoms. The van der Waals surface area contributed by atoms with Crippen LogP contribution in [0.2, 0.25) is 0 Å². The number of nitrogens with zero attached hydrogens (tertiary/aromatic N) is 1. The monoisotopic (exact) mass is 374 g/mol. The van der Waals surface area contributed by atoms with Crippen LogP contribution in [0.4, 0.5) is 14.9 Å². The molecular weight excluding hydrogens is 351 g/mol. The van der Waals surface area contributed by atoms with Gasteiger partial charge in [-0.05, 0) is 43.7 Å². The topological polar surface area (TPSA) is 41.6 Å². The van der Waals surface area contributed by atoms with Crippen LogP contribution in [-0.4, -0.2) is 36.4 Å². The van der Waals surface area contributed by atoms with Crippen LogP contribution in [0.15, 0.2) is 48.5 Å². The number of anilines is 1. The highest BCUT2D eigenvalue weighted by molar-refractivity contribution is 7.99. The maximum Gasteiger partial charge on any atom is 0.321 e. The molecule has 2 amide bonds. The smallest absolute Gasteiger partial charge is 0.321 e. The lowest BCUT2D eigenvalue weighted by Crippen LogP contribution is -2.36. The number of amides is 2. The summed E-state index contributed by atoms with van der Waals surface area (Å²) in [6.07, 6.45) is 0.738. The molecule has 26 heavy (non-hydrogen) atoms. The quantitative estimate of drug-likeness (QED) is 0.824. The van der Waals surface area contributed by atoms with Gasteiger partial charge in [0.25, 0.3) is 0 Å². The highest BCUT2D eigenvalue weighted by Gasteiger charge is 2.23. The fourth-order valence-electron chi connectivity index (χ4n) is 2.96. The van der Waals surface area contributed by atoms with Crippen LogP contribution < -0.4 is 10.1 Å². The molecular formula is C20H23FN2O2S. The molecule has 1 aliphatic heterocycles. The van der Waals surface area contributed by atoms with Crippen molar-refractivity contribution in [2.45, 2.75) is 18.6 Å². The Morgan fingerprint density at radius 1 is 1.23 bits per heavy atom. The molecule has 1 fully saturated rings. The van der Waals surface area contributed by atoms with E-state index in [0.717, 1.165) is 29.2 Å². The number of rotatable bonds is 4. The van der Waals surface area contributed by atoms with Crippen LogP contribution in [0, 0.1) is 5.82 Å².